The number of rotatable bonds is 8. The third kappa shape index (κ3) is 8.77. The van der Waals surface area contributed by atoms with Gasteiger partial charge in [-0.2, -0.15) is 0 Å². The van der Waals surface area contributed by atoms with Crippen molar-refractivity contribution in [1.29, 1.82) is 0 Å². The van der Waals surface area contributed by atoms with Crippen LogP contribution in [0.15, 0.2) is 60.7 Å². The third-order valence-corrected chi connectivity index (χ3v) is 3.81. The number of benzene rings is 2. The van der Waals surface area contributed by atoms with Crippen LogP contribution in [-0.4, -0.2) is 29.7 Å². The lowest BCUT2D eigenvalue weighted by atomic mass is 10.2. The number of hydrogen-bond acceptors (Lipinski definition) is 6. The van der Waals surface area contributed by atoms with E-state index in [4.69, 9.17) is 14.2 Å². The minimum Gasteiger partial charge on any atom is -0.461 e. The molecule has 0 saturated carbocycles. The quantitative estimate of drug-likeness (QED) is 0.523. The standard InChI is InChI=1S/C23H27NO6/c1-23(2,3)30-22(27)24-19(21(26)29-16-18-12-8-5-9-13-18)14-20(25)28-15-17-10-6-4-7-11-17/h4-13,19H,14-16H2,1-3H3,(H,24,27). The molecule has 0 aromatic heterocycles. The normalized spacial score (nSPS) is 11.8. The largest absolute Gasteiger partial charge is 0.461 e. The van der Waals surface area contributed by atoms with Crippen LogP contribution in [0, 0.1) is 0 Å². The molecule has 0 fully saturated rings. The molecule has 2 aromatic rings. The van der Waals surface area contributed by atoms with E-state index in [1.807, 2.05) is 48.5 Å². The van der Waals surface area contributed by atoms with E-state index < -0.39 is 29.7 Å². The van der Waals surface area contributed by atoms with Gasteiger partial charge in [-0.25, -0.2) is 9.59 Å². The maximum absolute atomic E-state index is 12.5. The molecule has 0 bridgehead atoms. The summed E-state index contributed by atoms with van der Waals surface area (Å²) in [7, 11) is 0. The molecule has 0 radical (unpaired) electrons. The summed E-state index contributed by atoms with van der Waals surface area (Å²) in [5.41, 5.74) is 0.846. The van der Waals surface area contributed by atoms with Crippen LogP contribution in [0.4, 0.5) is 4.79 Å². The Labute approximate surface area is 176 Å². The van der Waals surface area contributed by atoms with Gasteiger partial charge in [-0.1, -0.05) is 60.7 Å². The minimum atomic E-state index is -1.23. The lowest BCUT2D eigenvalue weighted by molar-refractivity contribution is -0.154. The Bertz CT molecular complexity index is 830. The van der Waals surface area contributed by atoms with Crippen molar-refractivity contribution in [2.45, 2.75) is 52.0 Å². The lowest BCUT2D eigenvalue weighted by Crippen LogP contribution is -2.45. The van der Waals surface area contributed by atoms with Gasteiger partial charge in [-0.3, -0.25) is 4.79 Å². The van der Waals surface area contributed by atoms with Crippen LogP contribution in [-0.2, 0) is 37.0 Å². The average Bonchev–Trinajstić information content (AvgIpc) is 2.70. The van der Waals surface area contributed by atoms with Gasteiger partial charge in [0.15, 0.2) is 0 Å². The molecule has 1 atom stereocenters. The van der Waals surface area contributed by atoms with Gasteiger partial charge in [0, 0.05) is 0 Å². The van der Waals surface area contributed by atoms with Crippen molar-refractivity contribution in [1.82, 2.24) is 5.32 Å². The van der Waals surface area contributed by atoms with Crippen molar-refractivity contribution in [2.24, 2.45) is 0 Å². The summed E-state index contributed by atoms with van der Waals surface area (Å²) in [6.07, 6.45) is -1.19. The van der Waals surface area contributed by atoms with Gasteiger partial charge < -0.3 is 19.5 Å². The van der Waals surface area contributed by atoms with E-state index in [-0.39, 0.29) is 19.6 Å². The van der Waals surface area contributed by atoms with Crippen LogP contribution >= 0.6 is 0 Å². The van der Waals surface area contributed by atoms with Crippen LogP contribution in [0.3, 0.4) is 0 Å². The zero-order valence-electron chi connectivity index (χ0n) is 17.4. The maximum atomic E-state index is 12.5. The van der Waals surface area contributed by atoms with Gasteiger partial charge in [0.25, 0.3) is 0 Å². The summed E-state index contributed by atoms with van der Waals surface area (Å²) >= 11 is 0. The van der Waals surface area contributed by atoms with Gasteiger partial charge in [0.2, 0.25) is 0 Å². The first-order valence-electron chi connectivity index (χ1n) is 9.62. The number of nitrogens with one attached hydrogen (secondary N) is 1. The van der Waals surface area contributed by atoms with E-state index in [2.05, 4.69) is 5.32 Å². The van der Waals surface area contributed by atoms with Crippen LogP contribution in [0.2, 0.25) is 0 Å². The smallest absolute Gasteiger partial charge is 0.408 e. The number of esters is 2. The Balaban J connectivity index is 1.97. The van der Waals surface area contributed by atoms with E-state index in [0.29, 0.717) is 0 Å². The predicted molar refractivity (Wildman–Crippen MR) is 110 cm³/mol. The van der Waals surface area contributed by atoms with E-state index in [1.165, 1.54) is 0 Å². The molecule has 0 aliphatic rings. The summed E-state index contributed by atoms with van der Waals surface area (Å²) in [6, 6.07) is 17.0. The topological polar surface area (TPSA) is 90.9 Å². The second kappa shape index (κ2) is 11.0. The first-order chi connectivity index (χ1) is 14.2. The number of ether oxygens (including phenoxy) is 3. The SMILES string of the molecule is CC(C)(C)OC(=O)NC(CC(=O)OCc1ccccc1)C(=O)OCc1ccccc1. The highest BCUT2D eigenvalue weighted by Crippen LogP contribution is 2.10. The van der Waals surface area contributed by atoms with Crippen molar-refractivity contribution >= 4 is 18.0 Å². The molecule has 1 amide bonds. The molecule has 2 rings (SSSR count). The number of amides is 1. The van der Waals surface area contributed by atoms with E-state index >= 15 is 0 Å². The Morgan fingerprint density at radius 3 is 1.83 bits per heavy atom. The molecule has 1 unspecified atom stereocenters. The van der Waals surface area contributed by atoms with Crippen LogP contribution < -0.4 is 5.32 Å². The van der Waals surface area contributed by atoms with Crippen molar-refractivity contribution < 1.29 is 28.6 Å². The van der Waals surface area contributed by atoms with Crippen molar-refractivity contribution in [2.75, 3.05) is 0 Å². The molecule has 30 heavy (non-hydrogen) atoms. The van der Waals surface area contributed by atoms with Crippen molar-refractivity contribution in [3.05, 3.63) is 71.8 Å². The first-order valence-corrected chi connectivity index (χ1v) is 9.62. The number of carbonyl (C=O) groups is 3. The molecule has 1 N–H and O–H groups in total. The lowest BCUT2D eigenvalue weighted by Gasteiger charge is -2.22. The second-order valence-corrected chi connectivity index (χ2v) is 7.64. The van der Waals surface area contributed by atoms with Crippen molar-refractivity contribution in [3.63, 3.8) is 0 Å². The minimum absolute atomic E-state index is 0.0191. The number of alkyl carbamates (subject to hydrolysis) is 1. The molecule has 0 aliphatic heterocycles. The third-order valence-electron chi connectivity index (χ3n) is 3.81. The fourth-order valence-electron chi connectivity index (χ4n) is 2.44. The highest BCUT2D eigenvalue weighted by Gasteiger charge is 2.28. The Morgan fingerprint density at radius 2 is 1.33 bits per heavy atom. The molecule has 0 saturated heterocycles. The first kappa shape index (κ1) is 22.9. The summed E-state index contributed by atoms with van der Waals surface area (Å²) in [4.78, 5) is 36.9. The predicted octanol–water partition coefficient (Wildman–Crippen LogP) is 3.76. The second-order valence-electron chi connectivity index (χ2n) is 7.64. The Kier molecular flexibility index (Phi) is 8.41. The summed E-state index contributed by atoms with van der Waals surface area (Å²) in [5, 5.41) is 2.40. The number of hydrogen-bond donors (Lipinski definition) is 1. The summed E-state index contributed by atoms with van der Waals surface area (Å²) < 4.78 is 15.7. The Morgan fingerprint density at radius 1 is 0.833 bits per heavy atom. The number of carbonyl (C=O) groups excluding carboxylic acids is 3. The van der Waals surface area contributed by atoms with Crippen molar-refractivity contribution in [3.8, 4) is 0 Å². The molecule has 2 aromatic carbocycles. The van der Waals surface area contributed by atoms with Crippen LogP contribution in [0.5, 0.6) is 0 Å². The molecule has 7 nitrogen and oxygen atoms in total. The zero-order valence-corrected chi connectivity index (χ0v) is 17.4. The molecule has 0 aliphatic carbocycles. The molecule has 0 heterocycles. The summed E-state index contributed by atoms with van der Waals surface area (Å²) in [5.74, 6) is -1.39. The fraction of sp³-hybridized carbons (Fsp3) is 0.348. The zero-order chi connectivity index (χ0) is 22.0. The maximum Gasteiger partial charge on any atom is 0.408 e. The monoisotopic (exact) mass is 413 g/mol. The fourth-order valence-corrected chi connectivity index (χ4v) is 2.44. The Hall–Kier alpha value is -3.35. The molecule has 160 valence electrons. The molecular formula is C23H27NO6. The van der Waals surface area contributed by atoms with Crippen LogP contribution in [0.25, 0.3) is 0 Å². The summed E-state index contributed by atoms with van der Waals surface area (Å²) in [6.45, 7) is 5.18. The molecule has 7 heteroatoms. The highest BCUT2D eigenvalue weighted by atomic mass is 16.6. The molecule has 0 spiro atoms. The van der Waals surface area contributed by atoms with E-state index in [9.17, 15) is 14.4 Å². The van der Waals surface area contributed by atoms with Gasteiger partial charge in [0.1, 0.15) is 24.9 Å². The van der Waals surface area contributed by atoms with Gasteiger partial charge in [-0.15, -0.1) is 0 Å². The molecular weight excluding hydrogens is 386 g/mol. The van der Waals surface area contributed by atoms with Gasteiger partial charge in [0.05, 0.1) is 6.42 Å². The van der Waals surface area contributed by atoms with E-state index in [0.717, 1.165) is 11.1 Å². The van der Waals surface area contributed by atoms with E-state index in [1.54, 1.807) is 32.9 Å². The van der Waals surface area contributed by atoms with Gasteiger partial charge >= 0.3 is 18.0 Å². The highest BCUT2D eigenvalue weighted by molar-refractivity contribution is 5.86. The van der Waals surface area contributed by atoms with Gasteiger partial charge in [-0.05, 0) is 31.9 Å². The van der Waals surface area contributed by atoms with Crippen LogP contribution in [0.1, 0.15) is 38.3 Å². The average molecular weight is 413 g/mol.